The molecule has 1 heterocycles. The van der Waals surface area contributed by atoms with Crippen LogP contribution in [0.1, 0.15) is 24.7 Å². The second kappa shape index (κ2) is 6.12. The van der Waals surface area contributed by atoms with Gasteiger partial charge in [0, 0.05) is 20.0 Å². The summed E-state index contributed by atoms with van der Waals surface area (Å²) in [5.74, 6) is -2.51. The minimum Gasteiger partial charge on any atom is -0.434 e. The predicted octanol–water partition coefficient (Wildman–Crippen LogP) is 4.02. The molecule has 1 atom stereocenters. The minimum absolute atomic E-state index is 0.202. The zero-order valence-electron chi connectivity index (χ0n) is 17.8. The Labute approximate surface area is 143 Å². The summed E-state index contributed by atoms with van der Waals surface area (Å²) < 4.78 is 66.4. The second-order valence-electron chi connectivity index (χ2n) is 3.74. The normalized spacial score (nSPS) is 25.5. The molecule has 4 nitrogen and oxygen atoms in total. The highest BCUT2D eigenvalue weighted by Gasteiger charge is 2.21. The van der Waals surface area contributed by atoms with Gasteiger partial charge in [0.15, 0.2) is 5.75 Å². The van der Waals surface area contributed by atoms with Crippen molar-refractivity contribution in [1.29, 1.82) is 0 Å². The molecule has 1 aliphatic rings. The Kier molecular flexibility index (Phi) is 2.38. The quantitative estimate of drug-likeness (QED) is 0.485. The largest absolute Gasteiger partial charge is 0.434 e. The van der Waals surface area contributed by atoms with E-state index in [2.05, 4.69) is 10.5 Å². The number of nitrogen functional groups attached to an aromatic ring is 1. The Morgan fingerprint density at radius 3 is 2.70 bits per heavy atom. The number of alkyl halides is 1. The van der Waals surface area contributed by atoms with Crippen molar-refractivity contribution in [1.82, 2.24) is 5.43 Å². The summed E-state index contributed by atoms with van der Waals surface area (Å²) in [6.07, 6.45) is 1.05. The van der Waals surface area contributed by atoms with Gasteiger partial charge in [-0.25, -0.2) is 0 Å². The number of nitrogens with zero attached hydrogens (tertiary/aromatic N) is 1. The Morgan fingerprint density at radius 2 is 2.10 bits per heavy atom. The molecule has 2 rings (SSSR count). The Morgan fingerprint density at radius 1 is 1.45 bits per heavy atom. The standard InChI is InChI=1S/C13H14Cl3N3O/c1-6(2)8-5-11(18-19-13(8)16)20-12-9(14)3-7(17)4-10(12)15/h3-6,13,19H,17H2,1-2H3/i1D3,2D3,3D,4D. The van der Waals surface area contributed by atoms with E-state index in [0.29, 0.717) is 0 Å². The number of hydrogen-bond donors (Lipinski definition) is 2. The number of halogens is 3. The van der Waals surface area contributed by atoms with Gasteiger partial charge in [0.1, 0.15) is 5.50 Å². The number of anilines is 1. The van der Waals surface area contributed by atoms with Gasteiger partial charge in [0.25, 0.3) is 0 Å². The zero-order chi connectivity index (χ0) is 21.6. The van der Waals surface area contributed by atoms with Crippen molar-refractivity contribution in [2.75, 3.05) is 5.73 Å². The molecule has 0 saturated heterocycles. The lowest BCUT2D eigenvalue weighted by atomic mass is 10.0. The molecule has 3 N–H and O–H groups in total. The number of ether oxygens (including phenoxy) is 1. The topological polar surface area (TPSA) is 59.6 Å². The summed E-state index contributed by atoms with van der Waals surface area (Å²) in [4.78, 5) is 0. The molecule has 20 heavy (non-hydrogen) atoms. The smallest absolute Gasteiger partial charge is 0.236 e. The van der Waals surface area contributed by atoms with Gasteiger partial charge in [-0.05, 0) is 23.6 Å². The van der Waals surface area contributed by atoms with Crippen LogP contribution in [0.3, 0.4) is 0 Å². The third-order valence-corrected chi connectivity index (χ3v) is 3.18. The first-order valence-corrected chi connectivity index (χ1v) is 6.45. The number of hydrazone groups is 1. The van der Waals surface area contributed by atoms with E-state index in [0.717, 1.165) is 6.08 Å². The number of rotatable bonds is 2. The van der Waals surface area contributed by atoms with Gasteiger partial charge in [0.2, 0.25) is 5.90 Å². The average Bonchev–Trinajstić information content (AvgIpc) is 2.55. The molecule has 0 radical (unpaired) electrons. The van der Waals surface area contributed by atoms with Crippen LogP contribution < -0.4 is 15.9 Å². The maximum absolute atomic E-state index is 7.79. The molecule has 0 spiro atoms. The van der Waals surface area contributed by atoms with Crippen molar-refractivity contribution in [2.45, 2.75) is 19.2 Å². The van der Waals surface area contributed by atoms with Gasteiger partial charge >= 0.3 is 0 Å². The van der Waals surface area contributed by atoms with Crippen LogP contribution in [-0.2, 0) is 0 Å². The summed E-state index contributed by atoms with van der Waals surface area (Å²) in [7, 11) is 0. The Balaban J connectivity index is 2.50. The van der Waals surface area contributed by atoms with Crippen molar-refractivity contribution in [3.63, 3.8) is 0 Å². The van der Waals surface area contributed by atoms with Crippen LogP contribution in [0.5, 0.6) is 5.75 Å². The lowest BCUT2D eigenvalue weighted by Gasteiger charge is -2.22. The molecule has 0 fully saturated rings. The fourth-order valence-electron chi connectivity index (χ4n) is 1.40. The molecule has 0 aromatic heterocycles. The number of benzene rings is 1. The van der Waals surface area contributed by atoms with Crippen LogP contribution in [0.25, 0.3) is 0 Å². The number of nitrogens with one attached hydrogen (secondary N) is 1. The summed E-state index contributed by atoms with van der Waals surface area (Å²) in [6.45, 7) is -5.76. The van der Waals surface area contributed by atoms with Gasteiger partial charge in [-0.3, -0.25) is 5.43 Å². The summed E-state index contributed by atoms with van der Waals surface area (Å²) in [6, 6.07) is -0.782. The van der Waals surface area contributed by atoms with E-state index in [4.69, 9.17) is 56.2 Å². The second-order valence-corrected chi connectivity index (χ2v) is 4.93. The number of nitrogens with two attached hydrogens (primary N) is 1. The van der Waals surface area contributed by atoms with E-state index in [9.17, 15) is 0 Å². The average molecular weight is 343 g/mol. The molecule has 1 unspecified atom stereocenters. The zero-order valence-corrected chi connectivity index (χ0v) is 12.1. The highest BCUT2D eigenvalue weighted by molar-refractivity contribution is 6.37. The van der Waals surface area contributed by atoms with Crippen molar-refractivity contribution in [3.05, 3.63) is 33.8 Å². The molecule has 0 amide bonds. The van der Waals surface area contributed by atoms with Gasteiger partial charge < -0.3 is 10.5 Å². The first-order valence-electron chi connectivity index (χ1n) is 9.26. The molecule has 7 heteroatoms. The molecule has 0 aliphatic carbocycles. The fourth-order valence-corrected chi connectivity index (χ4v) is 2.15. The SMILES string of the molecule is [2H]c1c(N)c([2H])c(Cl)c(OC2=NNC(Cl)C(C(C([2H])([2H])[2H])C([2H])([2H])[2H])=C2)c1Cl. The molecule has 0 bridgehead atoms. The van der Waals surface area contributed by atoms with Crippen molar-refractivity contribution >= 4 is 46.4 Å². The number of hydrogen-bond acceptors (Lipinski definition) is 4. The molecule has 1 aromatic carbocycles. The van der Waals surface area contributed by atoms with Gasteiger partial charge in [-0.15, -0.1) is 5.10 Å². The van der Waals surface area contributed by atoms with Crippen molar-refractivity contribution in [2.24, 2.45) is 11.0 Å². The van der Waals surface area contributed by atoms with Crippen molar-refractivity contribution in [3.8, 4) is 5.75 Å². The van der Waals surface area contributed by atoms with Gasteiger partial charge in [0.05, 0.1) is 12.8 Å². The van der Waals surface area contributed by atoms with Crippen molar-refractivity contribution < 1.29 is 15.7 Å². The Bertz CT molecular complexity index is 810. The molecule has 1 aromatic rings. The fraction of sp³-hybridized carbons (Fsp3) is 0.308. The third-order valence-electron chi connectivity index (χ3n) is 2.30. The summed E-state index contributed by atoms with van der Waals surface area (Å²) in [5, 5.41) is 3.17. The van der Waals surface area contributed by atoms with E-state index in [1.54, 1.807) is 0 Å². The van der Waals surface area contributed by atoms with Crippen LogP contribution in [-0.4, -0.2) is 11.4 Å². The van der Waals surface area contributed by atoms with E-state index in [-0.39, 0.29) is 33.0 Å². The maximum atomic E-state index is 7.79. The molecule has 108 valence electrons. The van der Waals surface area contributed by atoms with Crippen LogP contribution in [0, 0.1) is 5.92 Å². The van der Waals surface area contributed by atoms with Crippen LogP contribution in [0.15, 0.2) is 28.8 Å². The predicted molar refractivity (Wildman–Crippen MR) is 84.6 cm³/mol. The van der Waals surface area contributed by atoms with E-state index < -0.39 is 37.2 Å². The van der Waals surface area contributed by atoms with Gasteiger partial charge in [-0.2, -0.15) is 0 Å². The van der Waals surface area contributed by atoms with Gasteiger partial charge in [-0.1, -0.05) is 48.5 Å². The maximum Gasteiger partial charge on any atom is 0.236 e. The summed E-state index contributed by atoms with van der Waals surface area (Å²) >= 11 is 18.0. The lowest BCUT2D eigenvalue weighted by molar-refractivity contribution is 0.526. The van der Waals surface area contributed by atoms with Crippen LogP contribution >= 0.6 is 34.8 Å². The Hall–Kier alpha value is -1.10. The highest BCUT2D eigenvalue weighted by Crippen LogP contribution is 2.35. The first-order chi connectivity index (χ1) is 12.7. The highest BCUT2D eigenvalue weighted by atomic mass is 35.5. The lowest BCUT2D eigenvalue weighted by Crippen LogP contribution is -2.30. The first kappa shape index (κ1) is 7.78. The van der Waals surface area contributed by atoms with E-state index >= 15 is 0 Å². The van der Waals surface area contributed by atoms with E-state index in [1.807, 2.05) is 0 Å². The summed E-state index contributed by atoms with van der Waals surface area (Å²) in [5.41, 5.74) is 6.25. The molecule has 1 aliphatic heterocycles. The third kappa shape index (κ3) is 3.32. The molecular formula is C13H14Cl3N3O. The van der Waals surface area contributed by atoms with E-state index in [1.165, 1.54) is 0 Å². The van der Waals surface area contributed by atoms with Crippen LogP contribution in [0.2, 0.25) is 10.0 Å². The van der Waals surface area contributed by atoms with Crippen LogP contribution in [0.4, 0.5) is 5.69 Å². The molecule has 0 saturated carbocycles. The molecular weight excluding hydrogens is 321 g/mol. The minimum atomic E-state index is -2.88. The monoisotopic (exact) mass is 341 g/mol.